The number of hydrogen-bond acceptors (Lipinski definition) is 7. The van der Waals surface area contributed by atoms with Crippen molar-refractivity contribution in [3.8, 4) is 11.5 Å². The average molecular weight is 566 g/mol. The monoisotopic (exact) mass is 565 g/mol. The van der Waals surface area contributed by atoms with Crippen molar-refractivity contribution in [1.29, 1.82) is 0 Å². The molecule has 0 spiro atoms. The van der Waals surface area contributed by atoms with Gasteiger partial charge in [-0.3, -0.25) is 25.0 Å². The lowest BCUT2D eigenvalue weighted by molar-refractivity contribution is -0.384. The molecule has 0 bridgehead atoms. The normalized spacial score (nSPS) is 14.5. The van der Waals surface area contributed by atoms with E-state index in [9.17, 15) is 24.5 Å². The van der Waals surface area contributed by atoms with Crippen molar-refractivity contribution in [2.24, 2.45) is 0 Å². The number of barbiturate groups is 1. The number of benzene rings is 3. The van der Waals surface area contributed by atoms with Crippen LogP contribution in [0.1, 0.15) is 16.7 Å². The third-order valence-electron chi connectivity index (χ3n) is 5.43. The molecule has 0 radical (unpaired) electrons. The summed E-state index contributed by atoms with van der Waals surface area (Å²) in [6.45, 7) is 2.27. The Bertz CT molecular complexity index is 1470. The van der Waals surface area contributed by atoms with Crippen LogP contribution in [0.2, 0.25) is 0 Å². The Morgan fingerprint density at radius 3 is 2.54 bits per heavy atom. The molecule has 1 aliphatic rings. The van der Waals surface area contributed by atoms with Crippen molar-refractivity contribution in [2.45, 2.75) is 13.5 Å². The van der Waals surface area contributed by atoms with E-state index in [0.29, 0.717) is 26.4 Å². The van der Waals surface area contributed by atoms with Crippen LogP contribution in [0.3, 0.4) is 0 Å². The van der Waals surface area contributed by atoms with Gasteiger partial charge in [-0.15, -0.1) is 0 Å². The van der Waals surface area contributed by atoms with Crippen molar-refractivity contribution in [1.82, 2.24) is 5.32 Å². The minimum absolute atomic E-state index is 0.0474. The number of ether oxygens (including phenoxy) is 2. The Balaban J connectivity index is 1.65. The molecule has 0 saturated carbocycles. The summed E-state index contributed by atoms with van der Waals surface area (Å²) in [5.74, 6) is -1.04. The van der Waals surface area contributed by atoms with Crippen molar-refractivity contribution >= 4 is 51.2 Å². The number of carbonyl (C=O) groups is 3. The van der Waals surface area contributed by atoms with E-state index in [2.05, 4.69) is 21.2 Å². The van der Waals surface area contributed by atoms with E-state index in [1.807, 2.05) is 31.2 Å². The number of nitrogens with zero attached hydrogens (tertiary/aromatic N) is 2. The number of anilines is 1. The molecular formula is C26H20BrN3O7. The number of imide groups is 2. The minimum Gasteiger partial charge on any atom is -0.493 e. The summed E-state index contributed by atoms with van der Waals surface area (Å²) in [5.41, 5.74) is 1.79. The molecule has 1 heterocycles. The van der Waals surface area contributed by atoms with Gasteiger partial charge in [0.1, 0.15) is 12.2 Å². The van der Waals surface area contributed by atoms with Crippen LogP contribution in [-0.2, 0) is 16.2 Å². The molecule has 1 aliphatic heterocycles. The van der Waals surface area contributed by atoms with Crippen LogP contribution in [-0.4, -0.2) is 29.9 Å². The highest BCUT2D eigenvalue weighted by molar-refractivity contribution is 9.10. The summed E-state index contributed by atoms with van der Waals surface area (Å²) in [6, 6.07) is 15.1. The standard InChI is InChI=1S/C26H20BrN3O7/c1-15-5-3-6-16(9-15)14-37-23-21(27)11-17(12-22(23)36-2)10-20-24(31)28-26(33)29(25(20)32)18-7-4-8-19(13-18)30(34)35/h3-13H,14H2,1-2H3,(H,28,31,33)/b20-10+. The molecule has 11 heteroatoms. The molecule has 1 N–H and O–H groups in total. The first-order valence-corrected chi connectivity index (χ1v) is 11.7. The fourth-order valence-electron chi connectivity index (χ4n) is 3.72. The highest BCUT2D eigenvalue weighted by Crippen LogP contribution is 2.38. The van der Waals surface area contributed by atoms with E-state index in [4.69, 9.17) is 9.47 Å². The summed E-state index contributed by atoms with van der Waals surface area (Å²) in [6.07, 6.45) is 1.30. The highest BCUT2D eigenvalue weighted by atomic mass is 79.9. The molecule has 4 rings (SSSR count). The van der Waals surface area contributed by atoms with E-state index in [1.54, 1.807) is 12.1 Å². The van der Waals surface area contributed by atoms with Crippen LogP contribution in [0, 0.1) is 17.0 Å². The molecule has 1 fully saturated rings. The molecule has 0 aromatic heterocycles. The van der Waals surface area contributed by atoms with Gasteiger partial charge in [0.05, 0.1) is 22.2 Å². The fourth-order valence-corrected chi connectivity index (χ4v) is 4.30. The molecule has 1 saturated heterocycles. The Hall–Kier alpha value is -4.51. The van der Waals surface area contributed by atoms with Gasteiger partial charge in [-0.2, -0.15) is 0 Å². The van der Waals surface area contributed by atoms with Crippen LogP contribution in [0.5, 0.6) is 11.5 Å². The zero-order valence-electron chi connectivity index (χ0n) is 19.7. The number of non-ortho nitro benzene ring substituents is 1. The first-order valence-electron chi connectivity index (χ1n) is 10.9. The summed E-state index contributed by atoms with van der Waals surface area (Å²) in [5, 5.41) is 13.2. The number of nitrogens with one attached hydrogen (secondary N) is 1. The number of carbonyl (C=O) groups excluding carboxylic acids is 3. The second-order valence-electron chi connectivity index (χ2n) is 8.05. The predicted octanol–water partition coefficient (Wildman–Crippen LogP) is 4.92. The van der Waals surface area contributed by atoms with Crippen molar-refractivity contribution in [3.05, 3.63) is 97.5 Å². The second kappa shape index (κ2) is 10.6. The lowest BCUT2D eigenvalue weighted by atomic mass is 10.1. The van der Waals surface area contributed by atoms with Crippen LogP contribution < -0.4 is 19.7 Å². The maximum Gasteiger partial charge on any atom is 0.335 e. The first kappa shape index (κ1) is 25.6. The molecule has 0 atom stereocenters. The van der Waals surface area contributed by atoms with Gasteiger partial charge in [0.25, 0.3) is 17.5 Å². The van der Waals surface area contributed by atoms with Crippen LogP contribution in [0.15, 0.2) is 70.7 Å². The van der Waals surface area contributed by atoms with Gasteiger partial charge in [0.15, 0.2) is 11.5 Å². The maximum atomic E-state index is 13.2. The number of halogens is 1. The smallest absolute Gasteiger partial charge is 0.335 e. The van der Waals surface area contributed by atoms with E-state index < -0.39 is 22.8 Å². The molecule has 3 aromatic rings. The van der Waals surface area contributed by atoms with Crippen molar-refractivity contribution in [2.75, 3.05) is 12.0 Å². The molecule has 4 amide bonds. The topological polar surface area (TPSA) is 128 Å². The van der Waals surface area contributed by atoms with Crippen molar-refractivity contribution < 1.29 is 28.8 Å². The van der Waals surface area contributed by atoms with E-state index >= 15 is 0 Å². The lowest BCUT2D eigenvalue weighted by Crippen LogP contribution is -2.54. The molecule has 3 aromatic carbocycles. The number of nitro groups is 1. The van der Waals surface area contributed by atoms with Crippen LogP contribution >= 0.6 is 15.9 Å². The molecule has 0 aliphatic carbocycles. The van der Waals surface area contributed by atoms with E-state index in [1.165, 1.54) is 31.4 Å². The summed E-state index contributed by atoms with van der Waals surface area (Å²) in [4.78, 5) is 49.3. The largest absolute Gasteiger partial charge is 0.493 e. The molecule has 0 unspecified atom stereocenters. The zero-order chi connectivity index (χ0) is 26.7. The van der Waals surface area contributed by atoms with Gasteiger partial charge < -0.3 is 9.47 Å². The van der Waals surface area contributed by atoms with Gasteiger partial charge in [-0.25, -0.2) is 9.69 Å². The highest BCUT2D eigenvalue weighted by Gasteiger charge is 2.37. The lowest BCUT2D eigenvalue weighted by Gasteiger charge is -2.26. The SMILES string of the molecule is COc1cc(/C=C2\C(=O)NC(=O)N(c3cccc([N+](=O)[O-])c3)C2=O)cc(Br)c1OCc1cccc(C)c1. The third-order valence-corrected chi connectivity index (χ3v) is 6.02. The number of methoxy groups -OCH3 is 1. The number of urea groups is 1. The zero-order valence-corrected chi connectivity index (χ0v) is 21.3. The van der Waals surface area contributed by atoms with Gasteiger partial charge in [0.2, 0.25) is 0 Å². The summed E-state index contributed by atoms with van der Waals surface area (Å²) < 4.78 is 11.9. The van der Waals surface area contributed by atoms with Crippen LogP contribution in [0.25, 0.3) is 6.08 Å². The molecular weight excluding hydrogens is 546 g/mol. The second-order valence-corrected chi connectivity index (χ2v) is 8.90. The van der Waals surface area contributed by atoms with Crippen molar-refractivity contribution in [3.63, 3.8) is 0 Å². The van der Waals surface area contributed by atoms with Gasteiger partial charge in [-0.1, -0.05) is 35.9 Å². The van der Waals surface area contributed by atoms with Crippen LogP contribution in [0.4, 0.5) is 16.2 Å². The number of nitro benzene ring substituents is 1. The Kier molecular flexibility index (Phi) is 7.35. The van der Waals surface area contributed by atoms with Gasteiger partial charge in [-0.05, 0) is 58.3 Å². The van der Waals surface area contributed by atoms with E-state index in [-0.39, 0.29) is 23.6 Å². The first-order chi connectivity index (χ1) is 17.7. The maximum absolute atomic E-state index is 13.2. The quantitative estimate of drug-likeness (QED) is 0.186. The van der Waals surface area contributed by atoms with Gasteiger partial charge in [0, 0.05) is 12.1 Å². The Morgan fingerprint density at radius 1 is 1.08 bits per heavy atom. The number of hydrogen-bond donors (Lipinski definition) is 1. The number of aryl methyl sites for hydroxylation is 1. The number of rotatable bonds is 7. The predicted molar refractivity (Wildman–Crippen MR) is 138 cm³/mol. The Labute approximate surface area is 219 Å². The molecule has 37 heavy (non-hydrogen) atoms. The summed E-state index contributed by atoms with van der Waals surface area (Å²) in [7, 11) is 1.46. The summed E-state index contributed by atoms with van der Waals surface area (Å²) >= 11 is 3.45. The number of amides is 4. The fraction of sp³-hybridized carbons (Fsp3) is 0.115. The minimum atomic E-state index is -1.01. The Morgan fingerprint density at radius 2 is 1.84 bits per heavy atom. The van der Waals surface area contributed by atoms with Gasteiger partial charge >= 0.3 is 6.03 Å². The third kappa shape index (κ3) is 5.51. The van der Waals surface area contributed by atoms with E-state index in [0.717, 1.165) is 17.2 Å². The molecule has 188 valence electrons. The molecule has 10 nitrogen and oxygen atoms in total. The average Bonchev–Trinajstić information content (AvgIpc) is 2.85.